The molecule has 0 saturated heterocycles. The number of nitrogens with one attached hydrogen (secondary N) is 1. The number of likely N-dealkylation sites (N-methyl/N-ethyl adjacent to an activating group) is 1. The standard InChI is InChI=1S/C16H23N3O2/c1-16(21,12-19(2)3)11-18-15(20)10-14-7-5-4-6-13(14)8-9-17/h4-7,21H,8,10-12H2,1-3H3,(H,18,20). The number of nitrogens with zero attached hydrogens (tertiary/aromatic N) is 2. The molecule has 1 aromatic carbocycles. The van der Waals surface area contributed by atoms with Crippen molar-refractivity contribution in [2.24, 2.45) is 0 Å². The Morgan fingerprint density at radius 3 is 2.57 bits per heavy atom. The molecule has 0 aromatic heterocycles. The number of benzene rings is 1. The van der Waals surface area contributed by atoms with Crippen LogP contribution in [0.5, 0.6) is 0 Å². The van der Waals surface area contributed by atoms with Gasteiger partial charge in [0.2, 0.25) is 5.91 Å². The molecule has 1 unspecified atom stereocenters. The molecule has 0 aliphatic rings. The van der Waals surface area contributed by atoms with Crippen LogP contribution in [-0.4, -0.2) is 48.7 Å². The highest BCUT2D eigenvalue weighted by molar-refractivity contribution is 5.79. The Morgan fingerprint density at radius 2 is 2.00 bits per heavy atom. The van der Waals surface area contributed by atoms with Crippen LogP contribution < -0.4 is 5.32 Å². The summed E-state index contributed by atoms with van der Waals surface area (Å²) in [4.78, 5) is 13.9. The van der Waals surface area contributed by atoms with Crippen molar-refractivity contribution in [3.63, 3.8) is 0 Å². The minimum atomic E-state index is -0.967. The van der Waals surface area contributed by atoms with E-state index in [4.69, 9.17) is 5.26 Å². The van der Waals surface area contributed by atoms with Crippen molar-refractivity contribution in [2.75, 3.05) is 27.2 Å². The minimum absolute atomic E-state index is 0.153. The van der Waals surface area contributed by atoms with Gasteiger partial charge >= 0.3 is 0 Å². The lowest BCUT2D eigenvalue weighted by Gasteiger charge is -2.27. The fraction of sp³-hybridized carbons (Fsp3) is 0.500. The molecule has 1 aromatic rings. The lowest BCUT2D eigenvalue weighted by molar-refractivity contribution is -0.121. The maximum atomic E-state index is 12.0. The number of amides is 1. The second-order valence-corrected chi connectivity index (χ2v) is 5.79. The molecule has 114 valence electrons. The number of carbonyl (C=O) groups is 1. The van der Waals surface area contributed by atoms with Crippen LogP contribution in [0.2, 0.25) is 0 Å². The third-order valence-corrected chi connectivity index (χ3v) is 3.06. The average molecular weight is 289 g/mol. The van der Waals surface area contributed by atoms with Crippen molar-refractivity contribution in [2.45, 2.75) is 25.4 Å². The molecule has 0 saturated carbocycles. The zero-order valence-electron chi connectivity index (χ0n) is 12.9. The van der Waals surface area contributed by atoms with E-state index in [-0.39, 0.29) is 18.9 Å². The summed E-state index contributed by atoms with van der Waals surface area (Å²) in [5.74, 6) is -0.153. The topological polar surface area (TPSA) is 76.4 Å². The van der Waals surface area contributed by atoms with E-state index in [0.717, 1.165) is 11.1 Å². The monoisotopic (exact) mass is 289 g/mol. The molecule has 2 N–H and O–H groups in total. The van der Waals surface area contributed by atoms with E-state index in [9.17, 15) is 9.90 Å². The molecule has 1 amide bonds. The van der Waals surface area contributed by atoms with Crippen LogP contribution in [-0.2, 0) is 17.6 Å². The summed E-state index contributed by atoms with van der Waals surface area (Å²) in [5, 5.41) is 21.7. The van der Waals surface area contributed by atoms with Gasteiger partial charge in [0.25, 0.3) is 0 Å². The van der Waals surface area contributed by atoms with Crippen LogP contribution in [0.15, 0.2) is 24.3 Å². The fourth-order valence-corrected chi connectivity index (χ4v) is 2.25. The Hall–Kier alpha value is -1.90. The van der Waals surface area contributed by atoms with E-state index in [1.165, 1.54) is 0 Å². The molecule has 1 atom stereocenters. The number of nitriles is 1. The first-order chi connectivity index (χ1) is 9.84. The number of carbonyl (C=O) groups excluding carboxylic acids is 1. The Kier molecular flexibility index (Phi) is 6.35. The third kappa shape index (κ3) is 6.39. The van der Waals surface area contributed by atoms with E-state index in [1.807, 2.05) is 43.3 Å². The van der Waals surface area contributed by atoms with Gasteiger partial charge in [-0.3, -0.25) is 4.79 Å². The van der Waals surface area contributed by atoms with Crippen molar-refractivity contribution >= 4 is 5.91 Å². The van der Waals surface area contributed by atoms with Crippen molar-refractivity contribution in [1.29, 1.82) is 5.26 Å². The lowest BCUT2D eigenvalue weighted by Crippen LogP contribution is -2.47. The van der Waals surface area contributed by atoms with Gasteiger partial charge in [0.1, 0.15) is 0 Å². The van der Waals surface area contributed by atoms with Crippen LogP contribution in [0.4, 0.5) is 0 Å². The van der Waals surface area contributed by atoms with Crippen LogP contribution in [0.3, 0.4) is 0 Å². The molecule has 0 bridgehead atoms. The van der Waals surface area contributed by atoms with Gasteiger partial charge in [0.15, 0.2) is 0 Å². The quantitative estimate of drug-likeness (QED) is 0.775. The predicted octanol–water partition coefficient (Wildman–Crippen LogP) is 0.724. The first-order valence-corrected chi connectivity index (χ1v) is 6.91. The van der Waals surface area contributed by atoms with E-state index in [2.05, 4.69) is 11.4 Å². The molecule has 0 fully saturated rings. The molecule has 21 heavy (non-hydrogen) atoms. The normalized spacial score (nSPS) is 13.5. The van der Waals surface area contributed by atoms with Gasteiger partial charge in [-0.05, 0) is 32.1 Å². The van der Waals surface area contributed by atoms with Gasteiger partial charge in [0.05, 0.1) is 24.5 Å². The first kappa shape index (κ1) is 17.2. The van der Waals surface area contributed by atoms with Gasteiger partial charge in [0, 0.05) is 13.1 Å². The zero-order chi connectivity index (χ0) is 15.9. The summed E-state index contributed by atoms with van der Waals surface area (Å²) in [6.45, 7) is 2.36. The second kappa shape index (κ2) is 7.77. The zero-order valence-corrected chi connectivity index (χ0v) is 12.9. The molecule has 0 spiro atoms. The highest BCUT2D eigenvalue weighted by Crippen LogP contribution is 2.10. The maximum Gasteiger partial charge on any atom is 0.224 e. The van der Waals surface area contributed by atoms with Crippen LogP contribution in [0.25, 0.3) is 0 Å². The van der Waals surface area contributed by atoms with E-state index in [1.54, 1.807) is 6.92 Å². The Bertz CT molecular complexity index is 518. The second-order valence-electron chi connectivity index (χ2n) is 5.79. The highest BCUT2D eigenvalue weighted by atomic mass is 16.3. The van der Waals surface area contributed by atoms with Gasteiger partial charge in [-0.2, -0.15) is 5.26 Å². The molecule has 0 radical (unpaired) electrons. The molecular weight excluding hydrogens is 266 g/mol. The number of rotatable bonds is 7. The van der Waals surface area contributed by atoms with Crippen LogP contribution >= 0.6 is 0 Å². The van der Waals surface area contributed by atoms with Gasteiger partial charge in [-0.25, -0.2) is 0 Å². The van der Waals surface area contributed by atoms with Crippen molar-refractivity contribution in [3.05, 3.63) is 35.4 Å². The molecule has 1 rings (SSSR count). The van der Waals surface area contributed by atoms with Crippen LogP contribution in [0, 0.1) is 11.3 Å². The van der Waals surface area contributed by atoms with E-state index < -0.39 is 5.60 Å². The molecule has 5 nitrogen and oxygen atoms in total. The molecule has 0 heterocycles. The number of hydrogen-bond acceptors (Lipinski definition) is 4. The van der Waals surface area contributed by atoms with Crippen molar-refractivity contribution in [3.8, 4) is 6.07 Å². The lowest BCUT2D eigenvalue weighted by atomic mass is 10.0. The fourth-order valence-electron chi connectivity index (χ4n) is 2.25. The van der Waals surface area contributed by atoms with Gasteiger partial charge in [-0.15, -0.1) is 0 Å². The highest BCUT2D eigenvalue weighted by Gasteiger charge is 2.22. The summed E-state index contributed by atoms with van der Waals surface area (Å²) in [6.07, 6.45) is 0.512. The summed E-state index contributed by atoms with van der Waals surface area (Å²) < 4.78 is 0. The Labute approximate surface area is 126 Å². The SMILES string of the molecule is CN(C)CC(C)(O)CNC(=O)Cc1ccccc1CC#N. The molecule has 0 aliphatic carbocycles. The smallest absolute Gasteiger partial charge is 0.224 e. The molecule has 5 heteroatoms. The van der Waals surface area contributed by atoms with E-state index in [0.29, 0.717) is 13.0 Å². The Balaban J connectivity index is 2.57. The Morgan fingerprint density at radius 1 is 1.38 bits per heavy atom. The van der Waals surface area contributed by atoms with Crippen molar-refractivity contribution in [1.82, 2.24) is 10.2 Å². The van der Waals surface area contributed by atoms with Gasteiger partial charge < -0.3 is 15.3 Å². The summed E-state index contributed by atoms with van der Waals surface area (Å²) in [7, 11) is 3.74. The largest absolute Gasteiger partial charge is 0.387 e. The minimum Gasteiger partial charge on any atom is -0.387 e. The molecular formula is C16H23N3O2. The number of hydrogen-bond donors (Lipinski definition) is 2. The average Bonchev–Trinajstić information content (AvgIpc) is 2.38. The van der Waals surface area contributed by atoms with Gasteiger partial charge in [-0.1, -0.05) is 24.3 Å². The predicted molar refractivity (Wildman–Crippen MR) is 81.7 cm³/mol. The first-order valence-electron chi connectivity index (χ1n) is 6.91. The third-order valence-electron chi connectivity index (χ3n) is 3.06. The summed E-state index contributed by atoms with van der Waals surface area (Å²) in [5.41, 5.74) is 0.754. The van der Waals surface area contributed by atoms with Crippen molar-refractivity contribution < 1.29 is 9.90 Å². The summed E-state index contributed by atoms with van der Waals surface area (Å²) >= 11 is 0. The maximum absolute atomic E-state index is 12.0. The summed E-state index contributed by atoms with van der Waals surface area (Å²) in [6, 6.07) is 9.51. The van der Waals surface area contributed by atoms with E-state index >= 15 is 0 Å². The molecule has 0 aliphatic heterocycles. The number of aliphatic hydroxyl groups is 1. The van der Waals surface area contributed by atoms with Crippen LogP contribution in [0.1, 0.15) is 18.1 Å².